The number of hydrogen-bond acceptors (Lipinski definition) is 4. The molecule has 0 aliphatic heterocycles. The van der Waals surface area contributed by atoms with E-state index in [2.05, 4.69) is 48.2 Å². The Kier molecular flexibility index (Phi) is 7.04. The summed E-state index contributed by atoms with van der Waals surface area (Å²) < 4.78 is 9.35. The van der Waals surface area contributed by atoms with Crippen LogP contribution in [-0.4, -0.2) is 36.7 Å². The molecule has 0 atom stereocenters. The number of benzene rings is 1. The van der Waals surface area contributed by atoms with E-state index in [1.807, 2.05) is 46.0 Å². The number of aryl methyl sites for hydroxylation is 1. The zero-order chi connectivity index (χ0) is 25.3. The summed E-state index contributed by atoms with van der Waals surface area (Å²) in [5.74, 6) is 0.816. The maximum Gasteiger partial charge on any atom is 0.419 e. The van der Waals surface area contributed by atoms with Crippen LogP contribution < -0.4 is 0 Å². The van der Waals surface area contributed by atoms with E-state index in [4.69, 9.17) is 16.3 Å². The first-order chi connectivity index (χ1) is 16.6. The van der Waals surface area contributed by atoms with Gasteiger partial charge < -0.3 is 4.74 Å². The first-order valence-electron chi connectivity index (χ1n) is 12.0. The highest BCUT2D eigenvalue weighted by molar-refractivity contribution is 6.17. The van der Waals surface area contributed by atoms with Crippen molar-refractivity contribution >= 4 is 40.3 Å². The number of halogens is 1. The zero-order valence-electron chi connectivity index (χ0n) is 21.3. The van der Waals surface area contributed by atoms with Crippen LogP contribution in [0.25, 0.3) is 33.9 Å². The van der Waals surface area contributed by atoms with Gasteiger partial charge in [-0.05, 0) is 81.3 Å². The highest BCUT2D eigenvalue weighted by Gasteiger charge is 2.28. The van der Waals surface area contributed by atoms with Gasteiger partial charge in [-0.2, -0.15) is 5.10 Å². The van der Waals surface area contributed by atoms with E-state index >= 15 is 0 Å². The van der Waals surface area contributed by atoms with Crippen LogP contribution in [0.15, 0.2) is 42.9 Å². The zero-order valence-corrected chi connectivity index (χ0v) is 22.1. The lowest BCUT2D eigenvalue weighted by Gasteiger charge is -2.21. The third kappa shape index (κ3) is 5.13. The fraction of sp³-hybridized carbons (Fsp3) is 0.393. The molecule has 0 N–H and O–H groups in total. The average Bonchev–Trinajstić information content (AvgIpc) is 3.38. The lowest BCUT2D eigenvalue weighted by atomic mass is 9.95. The summed E-state index contributed by atoms with van der Waals surface area (Å²) in [6, 6.07) is 8.28. The van der Waals surface area contributed by atoms with Crippen molar-refractivity contribution in [3.63, 3.8) is 0 Å². The van der Waals surface area contributed by atoms with E-state index in [9.17, 15) is 4.79 Å². The van der Waals surface area contributed by atoms with Crippen molar-refractivity contribution < 1.29 is 9.53 Å². The van der Waals surface area contributed by atoms with Crippen molar-refractivity contribution in [1.82, 2.24) is 19.2 Å². The summed E-state index contributed by atoms with van der Waals surface area (Å²) in [6.45, 7) is 12.0. The summed E-state index contributed by atoms with van der Waals surface area (Å²) in [5, 5.41) is 5.39. The highest BCUT2D eigenvalue weighted by atomic mass is 35.5. The molecule has 35 heavy (non-hydrogen) atoms. The van der Waals surface area contributed by atoms with Crippen molar-refractivity contribution in [2.75, 3.05) is 5.88 Å². The number of nitrogens with zero attached hydrogens (tertiary/aromatic N) is 4. The standard InChI is InChI=1S/C28H33ClN4O2/c1-18(2)24-22-15-20(10-8-7-9-13-29)11-12-23(22)33(27(34)35-28(4,5)6)25(24)21-14-19(3)26-30-17-31-32(26)16-21/h8,10-12,14-18H,7,9,13H2,1-6H3. The molecule has 0 bridgehead atoms. The second-order valence-corrected chi connectivity index (χ2v) is 10.6. The number of hydrogen-bond donors (Lipinski definition) is 0. The number of fused-ring (bicyclic) bond motifs is 2. The second-order valence-electron chi connectivity index (χ2n) is 10.2. The first-order valence-corrected chi connectivity index (χ1v) is 12.6. The summed E-state index contributed by atoms with van der Waals surface area (Å²) >= 11 is 5.82. The number of aromatic nitrogens is 4. The van der Waals surface area contributed by atoms with Gasteiger partial charge in [0.25, 0.3) is 0 Å². The summed E-state index contributed by atoms with van der Waals surface area (Å²) in [7, 11) is 0. The van der Waals surface area contributed by atoms with Gasteiger partial charge in [-0.25, -0.2) is 18.9 Å². The van der Waals surface area contributed by atoms with Crippen LogP contribution in [-0.2, 0) is 4.74 Å². The van der Waals surface area contributed by atoms with Gasteiger partial charge in [-0.1, -0.05) is 32.1 Å². The summed E-state index contributed by atoms with van der Waals surface area (Å²) in [4.78, 5) is 18.0. The van der Waals surface area contributed by atoms with Gasteiger partial charge in [0.1, 0.15) is 11.9 Å². The van der Waals surface area contributed by atoms with E-state index in [1.54, 1.807) is 15.4 Å². The van der Waals surface area contributed by atoms with Crippen molar-refractivity contribution in [1.29, 1.82) is 0 Å². The molecular formula is C28H33ClN4O2. The predicted octanol–water partition coefficient (Wildman–Crippen LogP) is 7.60. The van der Waals surface area contributed by atoms with Crippen molar-refractivity contribution in [2.45, 2.75) is 65.9 Å². The minimum atomic E-state index is -0.625. The molecule has 0 aliphatic rings. The quantitative estimate of drug-likeness (QED) is 0.205. The lowest BCUT2D eigenvalue weighted by Crippen LogP contribution is -2.27. The SMILES string of the molecule is Cc1cc(-c2c(C(C)C)c3cc(C=CCCCCl)ccc3n2C(=O)OC(C)(C)C)cn2ncnc12. The van der Waals surface area contributed by atoms with Gasteiger partial charge in [0.2, 0.25) is 0 Å². The number of pyridine rings is 1. The summed E-state index contributed by atoms with van der Waals surface area (Å²) in [6.07, 6.45) is 9.22. The average molecular weight is 493 g/mol. The molecule has 0 saturated heterocycles. The summed E-state index contributed by atoms with van der Waals surface area (Å²) in [5.41, 5.74) is 5.89. The molecule has 3 heterocycles. The van der Waals surface area contributed by atoms with Crippen molar-refractivity contribution in [3.05, 3.63) is 59.6 Å². The number of carbonyl (C=O) groups is 1. The fourth-order valence-electron chi connectivity index (χ4n) is 4.44. The second kappa shape index (κ2) is 9.86. The lowest BCUT2D eigenvalue weighted by molar-refractivity contribution is 0.0547. The van der Waals surface area contributed by atoms with Crippen molar-refractivity contribution in [2.24, 2.45) is 0 Å². The Balaban J connectivity index is 2.00. The predicted molar refractivity (Wildman–Crippen MR) is 143 cm³/mol. The van der Waals surface area contributed by atoms with Gasteiger partial charge in [0, 0.05) is 23.0 Å². The molecule has 0 fully saturated rings. The first kappa shape index (κ1) is 25.0. The fourth-order valence-corrected chi connectivity index (χ4v) is 4.59. The van der Waals surface area contributed by atoms with Gasteiger partial charge in [0.05, 0.1) is 11.2 Å². The highest BCUT2D eigenvalue weighted by Crippen LogP contribution is 2.40. The van der Waals surface area contributed by atoms with Crippen LogP contribution in [0.2, 0.25) is 0 Å². The van der Waals surface area contributed by atoms with Gasteiger partial charge >= 0.3 is 6.09 Å². The molecule has 1 aromatic carbocycles. The molecule has 4 rings (SSSR count). The van der Waals surface area contributed by atoms with Crippen LogP contribution in [0, 0.1) is 6.92 Å². The Labute approximate surface area is 211 Å². The van der Waals surface area contributed by atoms with Gasteiger partial charge in [0.15, 0.2) is 5.65 Å². The van der Waals surface area contributed by atoms with Crippen LogP contribution in [0.4, 0.5) is 4.79 Å². The Morgan fingerprint density at radius 2 is 2.00 bits per heavy atom. The Morgan fingerprint density at radius 3 is 2.69 bits per heavy atom. The minimum absolute atomic E-state index is 0.165. The number of ether oxygens (including phenoxy) is 1. The monoisotopic (exact) mass is 492 g/mol. The molecular weight excluding hydrogens is 460 g/mol. The molecule has 0 spiro atoms. The molecule has 7 heteroatoms. The van der Waals surface area contributed by atoms with E-state index in [0.29, 0.717) is 5.88 Å². The molecule has 4 aromatic rings. The Morgan fingerprint density at radius 1 is 1.23 bits per heavy atom. The maximum absolute atomic E-state index is 13.6. The third-order valence-electron chi connectivity index (χ3n) is 5.83. The van der Waals surface area contributed by atoms with Crippen LogP contribution in [0.3, 0.4) is 0 Å². The maximum atomic E-state index is 13.6. The Hall–Kier alpha value is -3.12. The van der Waals surface area contributed by atoms with E-state index in [-0.39, 0.29) is 5.92 Å². The van der Waals surface area contributed by atoms with Crippen LogP contribution >= 0.6 is 11.6 Å². The minimum Gasteiger partial charge on any atom is -0.443 e. The molecule has 0 amide bonds. The normalized spacial score (nSPS) is 12.5. The molecule has 0 saturated carbocycles. The number of carbonyl (C=O) groups excluding carboxylic acids is 1. The molecule has 0 aliphatic carbocycles. The number of unbranched alkanes of at least 4 members (excludes halogenated alkanes) is 1. The topological polar surface area (TPSA) is 61.4 Å². The van der Waals surface area contributed by atoms with E-state index in [0.717, 1.165) is 57.3 Å². The van der Waals surface area contributed by atoms with Crippen LogP contribution in [0.1, 0.15) is 70.1 Å². The molecule has 3 aromatic heterocycles. The van der Waals surface area contributed by atoms with Crippen LogP contribution in [0.5, 0.6) is 0 Å². The molecule has 184 valence electrons. The van der Waals surface area contributed by atoms with E-state index < -0.39 is 11.7 Å². The smallest absolute Gasteiger partial charge is 0.419 e. The molecule has 6 nitrogen and oxygen atoms in total. The molecule has 0 radical (unpaired) electrons. The Bertz CT molecular complexity index is 1410. The molecule has 0 unspecified atom stereocenters. The van der Waals surface area contributed by atoms with Gasteiger partial charge in [-0.15, -0.1) is 11.6 Å². The third-order valence-corrected chi connectivity index (χ3v) is 6.10. The van der Waals surface area contributed by atoms with Crippen molar-refractivity contribution in [3.8, 4) is 11.3 Å². The number of allylic oxidation sites excluding steroid dienone is 1. The van der Waals surface area contributed by atoms with E-state index in [1.165, 1.54) is 0 Å². The van der Waals surface area contributed by atoms with Gasteiger partial charge in [-0.3, -0.25) is 0 Å². The number of alkyl halides is 1. The largest absolute Gasteiger partial charge is 0.443 e. The number of rotatable bonds is 6.